The number of fused-ring (bicyclic) bond motifs is 1. The number of amides is 1. The topological polar surface area (TPSA) is 120 Å². The van der Waals surface area contributed by atoms with Gasteiger partial charge in [-0.25, -0.2) is 14.2 Å². The quantitative estimate of drug-likeness (QED) is 0.314. The SMILES string of the molecule is CCC1(OCCOC(=O)c2ccccc2)CCC(C)Cn2c1nc(C(=O)NCc1ccc(F)cc1)c(O)c2=O. The number of rotatable bonds is 9. The highest BCUT2D eigenvalue weighted by molar-refractivity contribution is 5.94. The first-order valence-corrected chi connectivity index (χ1v) is 13.0. The first kappa shape index (κ1) is 28.0. The van der Waals surface area contributed by atoms with Gasteiger partial charge < -0.3 is 19.9 Å². The molecule has 1 aromatic heterocycles. The number of benzene rings is 2. The molecule has 1 aliphatic heterocycles. The highest BCUT2D eigenvalue weighted by atomic mass is 19.1. The summed E-state index contributed by atoms with van der Waals surface area (Å²) in [5.41, 5.74) is -1.10. The van der Waals surface area contributed by atoms with E-state index in [1.54, 1.807) is 30.3 Å². The summed E-state index contributed by atoms with van der Waals surface area (Å²) >= 11 is 0. The minimum atomic E-state index is -1.04. The molecule has 0 fully saturated rings. The Bertz CT molecular complexity index is 1380. The Morgan fingerprint density at radius 3 is 2.56 bits per heavy atom. The zero-order valence-electron chi connectivity index (χ0n) is 22.0. The second-order valence-electron chi connectivity index (χ2n) is 9.70. The molecular formula is C29H32FN3O6. The molecule has 39 heavy (non-hydrogen) atoms. The van der Waals surface area contributed by atoms with Gasteiger partial charge in [0, 0.05) is 13.1 Å². The van der Waals surface area contributed by atoms with Gasteiger partial charge in [-0.1, -0.05) is 44.2 Å². The van der Waals surface area contributed by atoms with Crippen LogP contribution in [0.1, 0.15) is 65.3 Å². The molecule has 10 heteroatoms. The van der Waals surface area contributed by atoms with Crippen LogP contribution in [-0.4, -0.2) is 39.7 Å². The van der Waals surface area contributed by atoms with Gasteiger partial charge in [-0.3, -0.25) is 14.2 Å². The Labute approximate surface area is 225 Å². The molecular weight excluding hydrogens is 505 g/mol. The van der Waals surface area contributed by atoms with E-state index >= 15 is 0 Å². The third-order valence-electron chi connectivity index (χ3n) is 6.94. The fourth-order valence-electron chi connectivity index (χ4n) is 4.69. The Morgan fingerprint density at radius 2 is 1.87 bits per heavy atom. The van der Waals surface area contributed by atoms with Crippen molar-refractivity contribution in [2.24, 2.45) is 5.92 Å². The Balaban J connectivity index is 1.57. The largest absolute Gasteiger partial charge is 0.501 e. The van der Waals surface area contributed by atoms with Crippen LogP contribution < -0.4 is 10.9 Å². The normalized spacial score (nSPS) is 18.6. The minimum absolute atomic E-state index is 0.0155. The van der Waals surface area contributed by atoms with Gasteiger partial charge in [0.1, 0.15) is 23.8 Å². The smallest absolute Gasteiger partial charge is 0.338 e. The molecule has 2 heterocycles. The average molecular weight is 538 g/mol. The van der Waals surface area contributed by atoms with Crippen LogP contribution in [0.15, 0.2) is 59.4 Å². The molecule has 2 aromatic carbocycles. The lowest BCUT2D eigenvalue weighted by Crippen LogP contribution is -2.39. The second-order valence-corrected chi connectivity index (χ2v) is 9.70. The number of nitrogens with zero attached hydrogens (tertiary/aromatic N) is 2. The van der Waals surface area contributed by atoms with E-state index in [4.69, 9.17) is 9.47 Å². The number of nitrogens with one attached hydrogen (secondary N) is 1. The molecule has 2 atom stereocenters. The van der Waals surface area contributed by atoms with E-state index in [1.807, 2.05) is 13.8 Å². The standard InChI is InChI=1S/C29H32FN3O6/c1-3-29(39-16-15-38-27(37)21-7-5-4-6-8-21)14-13-19(2)18-33-26(36)24(34)23(32-28(29)33)25(35)31-17-20-9-11-22(30)12-10-20/h4-12,19,34H,3,13-18H2,1-2H3,(H,31,35). The van der Waals surface area contributed by atoms with Crippen LogP contribution in [0.4, 0.5) is 4.39 Å². The van der Waals surface area contributed by atoms with Crippen molar-refractivity contribution in [1.82, 2.24) is 14.9 Å². The molecule has 0 saturated heterocycles. The summed E-state index contributed by atoms with van der Waals surface area (Å²) in [5, 5.41) is 13.3. The van der Waals surface area contributed by atoms with Crippen LogP contribution in [0.25, 0.3) is 0 Å². The number of hydrogen-bond acceptors (Lipinski definition) is 7. The van der Waals surface area contributed by atoms with E-state index in [9.17, 15) is 23.9 Å². The van der Waals surface area contributed by atoms with Crippen molar-refractivity contribution in [2.45, 2.75) is 51.8 Å². The maximum absolute atomic E-state index is 13.3. The number of carbonyl (C=O) groups excluding carboxylic acids is 2. The zero-order chi connectivity index (χ0) is 28.0. The lowest BCUT2D eigenvalue weighted by molar-refractivity contribution is -0.0817. The van der Waals surface area contributed by atoms with E-state index in [-0.39, 0.29) is 31.5 Å². The first-order valence-electron chi connectivity index (χ1n) is 13.0. The fraction of sp³-hybridized carbons (Fsp3) is 0.379. The molecule has 0 aliphatic carbocycles. The van der Waals surface area contributed by atoms with E-state index in [1.165, 1.54) is 28.8 Å². The number of hydrogen-bond donors (Lipinski definition) is 2. The molecule has 4 rings (SSSR count). The number of halogens is 1. The Kier molecular flexibility index (Phi) is 8.75. The molecule has 206 valence electrons. The third kappa shape index (κ3) is 6.34. The van der Waals surface area contributed by atoms with Crippen molar-refractivity contribution >= 4 is 11.9 Å². The summed E-state index contributed by atoms with van der Waals surface area (Å²) in [5.74, 6) is -2.02. The van der Waals surface area contributed by atoms with Gasteiger partial charge in [0.05, 0.1) is 12.2 Å². The Morgan fingerprint density at radius 1 is 1.15 bits per heavy atom. The van der Waals surface area contributed by atoms with E-state index in [0.29, 0.717) is 36.9 Å². The molecule has 2 N–H and O–H groups in total. The van der Waals surface area contributed by atoms with Crippen molar-refractivity contribution < 1.29 is 28.6 Å². The lowest BCUT2D eigenvalue weighted by Gasteiger charge is -2.32. The van der Waals surface area contributed by atoms with Crippen molar-refractivity contribution in [3.05, 3.63) is 93.4 Å². The average Bonchev–Trinajstić information content (AvgIpc) is 3.09. The van der Waals surface area contributed by atoms with Crippen molar-refractivity contribution in [3.63, 3.8) is 0 Å². The predicted octanol–water partition coefficient (Wildman–Crippen LogP) is 3.93. The van der Waals surface area contributed by atoms with Gasteiger partial charge in [-0.05, 0) is 55.0 Å². The lowest BCUT2D eigenvalue weighted by atomic mass is 9.91. The van der Waals surface area contributed by atoms with E-state index < -0.39 is 40.3 Å². The van der Waals surface area contributed by atoms with Gasteiger partial charge in [-0.15, -0.1) is 0 Å². The first-order chi connectivity index (χ1) is 18.7. The molecule has 9 nitrogen and oxygen atoms in total. The van der Waals surface area contributed by atoms with E-state index in [0.717, 1.165) is 0 Å². The monoisotopic (exact) mass is 537 g/mol. The number of carbonyl (C=O) groups is 2. The molecule has 1 aliphatic rings. The van der Waals surface area contributed by atoms with Gasteiger partial charge >= 0.3 is 5.97 Å². The summed E-state index contributed by atoms with van der Waals surface area (Å²) in [7, 11) is 0. The predicted molar refractivity (Wildman–Crippen MR) is 141 cm³/mol. The van der Waals surface area contributed by atoms with Crippen molar-refractivity contribution in [2.75, 3.05) is 13.2 Å². The zero-order valence-corrected chi connectivity index (χ0v) is 22.0. The van der Waals surface area contributed by atoms with Crippen molar-refractivity contribution in [3.8, 4) is 5.75 Å². The van der Waals surface area contributed by atoms with Crippen LogP contribution in [0.2, 0.25) is 0 Å². The summed E-state index contributed by atoms with van der Waals surface area (Å²) in [4.78, 5) is 43.1. The maximum Gasteiger partial charge on any atom is 0.338 e. The molecule has 0 radical (unpaired) electrons. The fourth-order valence-corrected chi connectivity index (χ4v) is 4.69. The van der Waals surface area contributed by atoms with Gasteiger partial charge in [0.25, 0.3) is 11.5 Å². The van der Waals surface area contributed by atoms with Crippen LogP contribution in [-0.2, 0) is 28.2 Å². The third-order valence-corrected chi connectivity index (χ3v) is 6.94. The minimum Gasteiger partial charge on any atom is -0.501 e. The van der Waals surface area contributed by atoms with Crippen LogP contribution in [0.3, 0.4) is 0 Å². The van der Waals surface area contributed by atoms with Gasteiger partial charge in [0.2, 0.25) is 5.75 Å². The Hall–Kier alpha value is -4.05. The molecule has 3 aromatic rings. The summed E-state index contributed by atoms with van der Waals surface area (Å²) < 4.78 is 26.2. The van der Waals surface area contributed by atoms with E-state index in [2.05, 4.69) is 10.3 Å². The molecule has 0 spiro atoms. The molecule has 1 amide bonds. The van der Waals surface area contributed by atoms with Crippen LogP contribution in [0.5, 0.6) is 5.75 Å². The molecule has 2 unspecified atom stereocenters. The number of aromatic nitrogens is 2. The summed E-state index contributed by atoms with van der Waals surface area (Å²) in [6, 6.07) is 14.2. The number of aromatic hydroxyl groups is 1. The highest BCUT2D eigenvalue weighted by Gasteiger charge is 2.40. The number of esters is 1. The van der Waals surface area contributed by atoms with Crippen LogP contribution in [0, 0.1) is 11.7 Å². The second kappa shape index (κ2) is 12.2. The highest BCUT2D eigenvalue weighted by Crippen LogP contribution is 2.38. The summed E-state index contributed by atoms with van der Waals surface area (Å²) in [6.07, 6.45) is 1.67. The summed E-state index contributed by atoms with van der Waals surface area (Å²) in [6.45, 7) is 4.27. The van der Waals surface area contributed by atoms with Gasteiger partial charge in [-0.2, -0.15) is 0 Å². The molecule has 0 bridgehead atoms. The van der Waals surface area contributed by atoms with Crippen LogP contribution >= 0.6 is 0 Å². The number of ether oxygens (including phenoxy) is 2. The molecule has 0 saturated carbocycles. The maximum atomic E-state index is 13.3. The van der Waals surface area contributed by atoms with Crippen molar-refractivity contribution in [1.29, 1.82) is 0 Å². The van der Waals surface area contributed by atoms with Gasteiger partial charge in [0.15, 0.2) is 5.69 Å².